The van der Waals surface area contributed by atoms with Gasteiger partial charge < -0.3 is 13.6 Å². The summed E-state index contributed by atoms with van der Waals surface area (Å²) in [6.07, 6.45) is 0. The summed E-state index contributed by atoms with van der Waals surface area (Å²) >= 11 is 0. The first kappa shape index (κ1) is 34.7. The Hall–Kier alpha value is -5.20. The van der Waals surface area contributed by atoms with Crippen molar-refractivity contribution in [3.63, 3.8) is 0 Å². The molecule has 0 radical (unpaired) electrons. The lowest BCUT2D eigenvalue weighted by molar-refractivity contribution is 0.298. The number of hydrogen-bond acceptors (Lipinski definition) is 10. The fraction of sp³-hybridized carbons (Fsp3) is 0. The molecule has 0 atom stereocenters. The van der Waals surface area contributed by atoms with E-state index in [9.17, 15) is 29.8 Å². The highest BCUT2D eigenvalue weighted by Gasteiger charge is 2.34. The molecule has 0 heterocycles. The van der Waals surface area contributed by atoms with Gasteiger partial charge in [0.15, 0.2) is 0 Å². The summed E-state index contributed by atoms with van der Waals surface area (Å²) in [7, 11) is -16.2. The van der Waals surface area contributed by atoms with Crippen molar-refractivity contribution < 1.29 is 43.4 Å². The van der Waals surface area contributed by atoms with E-state index in [1.807, 2.05) is 0 Å². The highest BCUT2D eigenvalue weighted by atomic mass is 32.2. The standard InChI is InChI=1S/C36H27O10PS3/c37-47(44-28-16-22-34(23-17-28)48(38,39)31-10-4-1-5-11-31,45-29-18-24-35(25-19-29)49(40,41)32-12-6-2-7-13-32)46-30-20-26-36(27-21-30)50(42,43)33-14-8-3-9-15-33/h1-27H. The molecular formula is C36H27O10PS3. The van der Waals surface area contributed by atoms with Gasteiger partial charge in [-0.15, -0.1) is 0 Å². The minimum atomic E-state index is -4.67. The number of rotatable bonds is 12. The zero-order chi connectivity index (χ0) is 35.4. The maximum absolute atomic E-state index is 14.2. The van der Waals surface area contributed by atoms with E-state index in [4.69, 9.17) is 13.6 Å². The van der Waals surface area contributed by atoms with Crippen LogP contribution < -0.4 is 13.6 Å². The van der Waals surface area contributed by atoms with Gasteiger partial charge in [-0.25, -0.2) is 25.3 Å². The minimum Gasteiger partial charge on any atom is -0.386 e. The van der Waals surface area contributed by atoms with Gasteiger partial charge in [0.05, 0.1) is 29.4 Å². The molecule has 0 N–H and O–H groups in total. The van der Waals surface area contributed by atoms with Crippen molar-refractivity contribution in [3.8, 4) is 17.2 Å². The van der Waals surface area contributed by atoms with Crippen LogP contribution in [0.4, 0.5) is 0 Å². The van der Waals surface area contributed by atoms with E-state index >= 15 is 0 Å². The van der Waals surface area contributed by atoms with E-state index in [1.54, 1.807) is 54.6 Å². The van der Waals surface area contributed by atoms with Gasteiger partial charge in [0, 0.05) is 0 Å². The molecule has 0 unspecified atom stereocenters. The van der Waals surface area contributed by atoms with Crippen LogP contribution in [0.1, 0.15) is 0 Å². The van der Waals surface area contributed by atoms with Crippen molar-refractivity contribution in [3.05, 3.63) is 164 Å². The number of phosphoric acid groups is 1. The SMILES string of the molecule is O=P(Oc1ccc(S(=O)(=O)c2ccccc2)cc1)(Oc1ccc(S(=O)(=O)c2ccccc2)cc1)Oc1ccc(S(=O)(=O)c2ccccc2)cc1. The van der Waals surface area contributed by atoms with E-state index in [2.05, 4.69) is 0 Å². The quantitative estimate of drug-likeness (QED) is 0.114. The van der Waals surface area contributed by atoms with Gasteiger partial charge in [-0.3, -0.25) is 0 Å². The predicted molar refractivity (Wildman–Crippen MR) is 184 cm³/mol. The lowest BCUT2D eigenvalue weighted by Gasteiger charge is -2.20. The molecule has 10 nitrogen and oxygen atoms in total. The Labute approximate surface area is 289 Å². The molecule has 14 heteroatoms. The van der Waals surface area contributed by atoms with E-state index in [0.717, 1.165) is 0 Å². The molecule has 0 aliphatic carbocycles. The van der Waals surface area contributed by atoms with Crippen molar-refractivity contribution in [1.82, 2.24) is 0 Å². The van der Waals surface area contributed by atoms with E-state index < -0.39 is 37.3 Å². The summed E-state index contributed by atoms with van der Waals surface area (Å²) in [5.74, 6) is -0.231. The Kier molecular flexibility index (Phi) is 9.68. The molecular weight excluding hydrogens is 720 g/mol. The molecule has 0 saturated carbocycles. The molecule has 6 rings (SSSR count). The molecule has 0 aromatic heterocycles. The Bertz CT molecular complexity index is 2190. The number of hydrogen-bond donors (Lipinski definition) is 0. The Morgan fingerprint density at radius 1 is 0.300 bits per heavy atom. The molecule has 0 spiro atoms. The fourth-order valence-electron chi connectivity index (χ4n) is 4.69. The van der Waals surface area contributed by atoms with Crippen molar-refractivity contribution >= 4 is 37.3 Å². The number of benzene rings is 6. The Morgan fingerprint density at radius 3 is 0.720 bits per heavy atom. The largest absolute Gasteiger partial charge is 0.647 e. The van der Waals surface area contributed by atoms with E-state index in [-0.39, 0.29) is 46.6 Å². The molecule has 0 aliphatic rings. The fourth-order valence-corrected chi connectivity index (χ4v) is 9.79. The van der Waals surface area contributed by atoms with Crippen LogP contribution in [0.2, 0.25) is 0 Å². The van der Waals surface area contributed by atoms with Crippen LogP contribution in [0.3, 0.4) is 0 Å². The summed E-state index contributed by atoms with van der Waals surface area (Å²) in [6, 6.07) is 38.7. The summed E-state index contributed by atoms with van der Waals surface area (Å²) in [6.45, 7) is 0. The zero-order valence-corrected chi connectivity index (χ0v) is 29.2. The summed E-state index contributed by atoms with van der Waals surface area (Å²) < 4.78 is 110. The normalized spacial score (nSPS) is 12.2. The number of phosphoric ester groups is 1. The molecule has 6 aromatic rings. The average Bonchev–Trinajstić information content (AvgIpc) is 3.13. The number of sulfone groups is 3. The lowest BCUT2D eigenvalue weighted by atomic mass is 10.3. The van der Waals surface area contributed by atoms with Gasteiger partial charge in [0.2, 0.25) is 29.5 Å². The van der Waals surface area contributed by atoms with Crippen LogP contribution in [-0.2, 0) is 34.1 Å². The first-order valence-corrected chi connectivity index (χ1v) is 20.7. The molecule has 0 amide bonds. The zero-order valence-electron chi connectivity index (χ0n) is 25.8. The van der Waals surface area contributed by atoms with Gasteiger partial charge in [-0.2, -0.15) is 4.57 Å². The minimum absolute atomic E-state index is 0.0434. The third-order valence-electron chi connectivity index (χ3n) is 7.21. The predicted octanol–water partition coefficient (Wildman–Crippen LogP) is 7.83. The second-order valence-electron chi connectivity index (χ2n) is 10.6. The smallest absolute Gasteiger partial charge is 0.386 e. The second-order valence-corrected chi connectivity index (χ2v) is 17.9. The maximum Gasteiger partial charge on any atom is 0.647 e. The summed E-state index contributed by atoms with van der Waals surface area (Å²) in [5.41, 5.74) is 0. The van der Waals surface area contributed by atoms with Crippen LogP contribution in [0.5, 0.6) is 17.2 Å². The maximum atomic E-state index is 14.2. The highest BCUT2D eigenvalue weighted by Crippen LogP contribution is 2.50. The van der Waals surface area contributed by atoms with Crippen LogP contribution in [0, 0.1) is 0 Å². The van der Waals surface area contributed by atoms with Gasteiger partial charge in [0.25, 0.3) is 0 Å². The molecule has 0 fully saturated rings. The van der Waals surface area contributed by atoms with Crippen LogP contribution >= 0.6 is 7.82 Å². The molecule has 50 heavy (non-hydrogen) atoms. The molecule has 6 aromatic carbocycles. The third-order valence-corrected chi connectivity index (χ3v) is 13.9. The third kappa shape index (κ3) is 7.51. The van der Waals surface area contributed by atoms with Crippen molar-refractivity contribution in [2.75, 3.05) is 0 Å². The molecule has 0 aliphatic heterocycles. The van der Waals surface area contributed by atoms with Crippen LogP contribution in [0.15, 0.2) is 193 Å². The summed E-state index contributed by atoms with van der Waals surface area (Å²) in [4.78, 5) is 0.124. The lowest BCUT2D eigenvalue weighted by Crippen LogP contribution is -2.08. The van der Waals surface area contributed by atoms with E-state index in [1.165, 1.54) is 109 Å². The van der Waals surface area contributed by atoms with Gasteiger partial charge in [-0.1, -0.05) is 54.6 Å². The van der Waals surface area contributed by atoms with Crippen LogP contribution in [-0.4, -0.2) is 25.3 Å². The second kappa shape index (κ2) is 14.0. The summed E-state index contributed by atoms with van der Waals surface area (Å²) in [5, 5.41) is 0. The monoisotopic (exact) mass is 746 g/mol. The van der Waals surface area contributed by atoms with Crippen molar-refractivity contribution in [1.29, 1.82) is 0 Å². The van der Waals surface area contributed by atoms with Crippen molar-refractivity contribution in [2.45, 2.75) is 29.4 Å². The Morgan fingerprint density at radius 2 is 0.500 bits per heavy atom. The van der Waals surface area contributed by atoms with Crippen LogP contribution in [0.25, 0.3) is 0 Å². The van der Waals surface area contributed by atoms with Gasteiger partial charge in [-0.05, 0) is 109 Å². The average molecular weight is 747 g/mol. The van der Waals surface area contributed by atoms with Crippen molar-refractivity contribution in [2.24, 2.45) is 0 Å². The van der Waals surface area contributed by atoms with Gasteiger partial charge >= 0.3 is 7.82 Å². The first-order chi connectivity index (χ1) is 23.9. The molecule has 0 saturated heterocycles. The Balaban J connectivity index is 1.29. The van der Waals surface area contributed by atoms with E-state index in [0.29, 0.717) is 0 Å². The molecule has 254 valence electrons. The first-order valence-electron chi connectivity index (χ1n) is 14.8. The molecule has 0 bridgehead atoms. The van der Waals surface area contributed by atoms with Gasteiger partial charge in [0.1, 0.15) is 17.2 Å². The topological polar surface area (TPSA) is 147 Å². The highest BCUT2D eigenvalue weighted by molar-refractivity contribution is 7.92.